The average Bonchev–Trinajstić information content (AvgIpc) is 3.08. The van der Waals surface area contributed by atoms with E-state index >= 15 is 0 Å². The molecule has 6 heteroatoms. The molecule has 2 amide bonds. The lowest BCUT2D eigenvalue weighted by Gasteiger charge is -2.13. The molecule has 3 aromatic rings. The number of hydrogen-bond acceptors (Lipinski definition) is 4. The Morgan fingerprint density at radius 1 is 0.758 bits per heavy atom. The maximum Gasteiger partial charge on any atom is 0.261 e. The van der Waals surface area contributed by atoms with E-state index in [1.807, 2.05) is 24.3 Å². The number of methoxy groups -OCH3 is 1. The average molecular weight is 463 g/mol. The van der Waals surface area contributed by atoms with Gasteiger partial charge in [-0.2, -0.15) is 0 Å². The first-order valence-electron chi connectivity index (χ1n) is 10.8. The van der Waals surface area contributed by atoms with Crippen molar-refractivity contribution in [1.82, 2.24) is 4.90 Å². The molecule has 0 saturated carbocycles. The van der Waals surface area contributed by atoms with Crippen molar-refractivity contribution in [3.05, 3.63) is 106 Å². The first-order valence-corrected chi connectivity index (χ1v) is 10.8. The number of fused-ring (bicyclic) bond motifs is 1. The number of carbonyl (C=O) groups is 2. The van der Waals surface area contributed by atoms with E-state index in [2.05, 4.69) is 24.3 Å². The summed E-state index contributed by atoms with van der Waals surface area (Å²) in [6, 6.07) is 23.5. The molecule has 5 nitrogen and oxygen atoms in total. The third kappa shape index (κ3) is 5.49. The van der Waals surface area contributed by atoms with Crippen LogP contribution in [0.15, 0.2) is 72.8 Å². The quantitative estimate of drug-likeness (QED) is 0.288. The standard InChI is InChI=1S/C27H26N2O3.ClH/c1-32-25(28)22-16-14-21(15-17-22)13-12-20-10-8-19(9-11-20)5-4-18-29-26(30)23-6-2-3-7-24(23)27(29)31;/h2-3,6-11,14-17,28H,4-5,12-13,18H2,1H3;1H. The van der Waals surface area contributed by atoms with Gasteiger partial charge < -0.3 is 4.74 Å². The first kappa shape index (κ1) is 24.2. The number of halogens is 1. The Balaban J connectivity index is 0.00000306. The van der Waals surface area contributed by atoms with Crippen molar-refractivity contribution >= 4 is 30.1 Å². The van der Waals surface area contributed by atoms with Crippen molar-refractivity contribution in [3.8, 4) is 0 Å². The molecule has 0 aromatic heterocycles. The number of hydrogen-bond donors (Lipinski definition) is 1. The van der Waals surface area contributed by atoms with Crippen LogP contribution in [-0.4, -0.2) is 36.3 Å². The van der Waals surface area contributed by atoms with Crippen LogP contribution in [0.2, 0.25) is 0 Å². The van der Waals surface area contributed by atoms with E-state index < -0.39 is 0 Å². The van der Waals surface area contributed by atoms with E-state index in [-0.39, 0.29) is 30.1 Å². The van der Waals surface area contributed by atoms with E-state index in [0.717, 1.165) is 31.2 Å². The van der Waals surface area contributed by atoms with Crippen molar-refractivity contribution in [3.63, 3.8) is 0 Å². The number of ether oxygens (including phenoxy) is 1. The van der Waals surface area contributed by atoms with Crippen LogP contribution in [0.25, 0.3) is 0 Å². The molecule has 1 heterocycles. The lowest BCUT2D eigenvalue weighted by Crippen LogP contribution is -2.30. The van der Waals surface area contributed by atoms with Crippen molar-refractivity contribution in [2.24, 2.45) is 0 Å². The van der Waals surface area contributed by atoms with E-state index in [1.54, 1.807) is 24.3 Å². The number of benzene rings is 3. The summed E-state index contributed by atoms with van der Waals surface area (Å²) < 4.78 is 4.95. The molecule has 0 saturated heterocycles. The maximum atomic E-state index is 12.4. The smallest absolute Gasteiger partial charge is 0.261 e. The highest BCUT2D eigenvalue weighted by Gasteiger charge is 2.34. The molecule has 4 rings (SSSR count). The van der Waals surface area contributed by atoms with Gasteiger partial charge in [-0.15, -0.1) is 12.4 Å². The maximum absolute atomic E-state index is 12.4. The molecule has 0 atom stereocenters. The molecule has 1 N–H and O–H groups in total. The highest BCUT2D eigenvalue weighted by atomic mass is 35.5. The number of amides is 2. The fraction of sp³-hybridized carbons (Fsp3) is 0.222. The second kappa shape index (κ2) is 10.9. The third-order valence-electron chi connectivity index (χ3n) is 5.87. The Morgan fingerprint density at radius 3 is 1.70 bits per heavy atom. The van der Waals surface area contributed by atoms with Gasteiger partial charge in [0.2, 0.25) is 5.90 Å². The van der Waals surface area contributed by atoms with Crippen LogP contribution in [-0.2, 0) is 24.0 Å². The first-order chi connectivity index (χ1) is 15.6. The topological polar surface area (TPSA) is 70.5 Å². The summed E-state index contributed by atoms with van der Waals surface area (Å²) in [5.41, 5.74) is 5.49. The molecule has 170 valence electrons. The zero-order chi connectivity index (χ0) is 22.5. The van der Waals surface area contributed by atoms with E-state index in [0.29, 0.717) is 17.7 Å². The minimum absolute atomic E-state index is 0. The number of aryl methyl sites for hydroxylation is 3. The summed E-state index contributed by atoms with van der Waals surface area (Å²) in [5.74, 6) is -0.198. The van der Waals surface area contributed by atoms with Gasteiger partial charge in [0.15, 0.2) is 0 Å². The predicted molar refractivity (Wildman–Crippen MR) is 132 cm³/mol. The van der Waals surface area contributed by atoms with Gasteiger partial charge in [0.1, 0.15) is 0 Å². The Morgan fingerprint density at radius 2 is 1.21 bits per heavy atom. The predicted octanol–water partition coefficient (Wildman–Crippen LogP) is 5.09. The number of imide groups is 1. The zero-order valence-electron chi connectivity index (χ0n) is 18.5. The molecule has 1 aliphatic heterocycles. The highest BCUT2D eigenvalue weighted by Crippen LogP contribution is 2.23. The summed E-state index contributed by atoms with van der Waals surface area (Å²) >= 11 is 0. The third-order valence-corrected chi connectivity index (χ3v) is 5.87. The molecule has 0 unspecified atom stereocenters. The summed E-state index contributed by atoms with van der Waals surface area (Å²) in [6.45, 7) is 0.435. The van der Waals surface area contributed by atoms with Gasteiger partial charge in [-0.05, 0) is 66.6 Å². The molecule has 0 fully saturated rings. The summed E-state index contributed by atoms with van der Waals surface area (Å²) in [5, 5.41) is 7.69. The highest BCUT2D eigenvalue weighted by molar-refractivity contribution is 6.21. The van der Waals surface area contributed by atoms with Gasteiger partial charge in [0, 0.05) is 12.1 Å². The molecule has 0 radical (unpaired) electrons. The largest absolute Gasteiger partial charge is 0.481 e. The molecular formula is C27H27ClN2O3. The fourth-order valence-electron chi connectivity index (χ4n) is 3.99. The van der Waals surface area contributed by atoms with Gasteiger partial charge in [0.25, 0.3) is 11.8 Å². The van der Waals surface area contributed by atoms with Crippen LogP contribution >= 0.6 is 12.4 Å². The van der Waals surface area contributed by atoms with Crippen molar-refractivity contribution in [2.45, 2.75) is 25.7 Å². The second-order valence-corrected chi connectivity index (χ2v) is 7.96. The monoisotopic (exact) mass is 462 g/mol. The Bertz CT molecular complexity index is 1110. The number of nitrogens with zero attached hydrogens (tertiary/aromatic N) is 1. The van der Waals surface area contributed by atoms with E-state index in [4.69, 9.17) is 10.1 Å². The van der Waals surface area contributed by atoms with Gasteiger partial charge in [-0.25, -0.2) is 0 Å². The lowest BCUT2D eigenvalue weighted by molar-refractivity contribution is 0.0652. The number of rotatable bonds is 8. The van der Waals surface area contributed by atoms with Crippen LogP contribution in [0.3, 0.4) is 0 Å². The minimum Gasteiger partial charge on any atom is -0.481 e. The Labute approximate surface area is 200 Å². The van der Waals surface area contributed by atoms with Crippen LogP contribution in [0.5, 0.6) is 0 Å². The van der Waals surface area contributed by atoms with Crippen LogP contribution in [0, 0.1) is 5.41 Å². The lowest BCUT2D eigenvalue weighted by atomic mass is 10.0. The fourth-order valence-corrected chi connectivity index (χ4v) is 3.99. The SMILES string of the molecule is COC(=N)c1ccc(CCc2ccc(CCCN3C(=O)c4ccccc4C3=O)cc2)cc1.Cl. The zero-order valence-corrected chi connectivity index (χ0v) is 19.4. The van der Waals surface area contributed by atoms with E-state index in [1.165, 1.54) is 28.7 Å². The van der Waals surface area contributed by atoms with Gasteiger partial charge in [-0.1, -0.05) is 48.5 Å². The summed E-state index contributed by atoms with van der Waals surface area (Å²) in [4.78, 5) is 26.2. The molecule has 1 aliphatic rings. The Kier molecular flexibility index (Phi) is 8.01. The molecule has 0 bridgehead atoms. The normalized spacial score (nSPS) is 12.3. The van der Waals surface area contributed by atoms with Crippen molar-refractivity contribution < 1.29 is 14.3 Å². The molecular weight excluding hydrogens is 436 g/mol. The van der Waals surface area contributed by atoms with Crippen LogP contribution in [0.4, 0.5) is 0 Å². The van der Waals surface area contributed by atoms with Crippen LogP contribution in [0.1, 0.15) is 49.4 Å². The molecule has 3 aromatic carbocycles. The molecule has 0 spiro atoms. The van der Waals surface area contributed by atoms with Crippen molar-refractivity contribution in [1.29, 1.82) is 5.41 Å². The van der Waals surface area contributed by atoms with Gasteiger partial charge >= 0.3 is 0 Å². The van der Waals surface area contributed by atoms with Crippen molar-refractivity contribution in [2.75, 3.05) is 13.7 Å². The van der Waals surface area contributed by atoms with Crippen LogP contribution < -0.4 is 0 Å². The van der Waals surface area contributed by atoms with E-state index in [9.17, 15) is 9.59 Å². The number of nitrogens with one attached hydrogen (secondary N) is 1. The Hall–Kier alpha value is -3.44. The summed E-state index contributed by atoms with van der Waals surface area (Å²) in [6.07, 6.45) is 3.43. The second-order valence-electron chi connectivity index (χ2n) is 7.96. The minimum atomic E-state index is -0.187. The molecule has 0 aliphatic carbocycles. The van der Waals surface area contributed by atoms with Gasteiger partial charge in [0.05, 0.1) is 18.2 Å². The molecule has 33 heavy (non-hydrogen) atoms. The summed E-state index contributed by atoms with van der Waals surface area (Å²) in [7, 11) is 1.50. The van der Waals surface area contributed by atoms with Gasteiger partial charge in [-0.3, -0.25) is 19.9 Å². The number of carbonyl (C=O) groups excluding carboxylic acids is 2.